The summed E-state index contributed by atoms with van der Waals surface area (Å²) in [6.07, 6.45) is -1.98. The molecule has 0 unspecified atom stereocenters. The first-order valence-corrected chi connectivity index (χ1v) is 5.35. The van der Waals surface area contributed by atoms with Crippen LogP contribution in [-0.2, 0) is 12.7 Å². The zero-order valence-electron chi connectivity index (χ0n) is 8.85. The van der Waals surface area contributed by atoms with Crippen molar-refractivity contribution in [1.29, 1.82) is 0 Å². The van der Waals surface area contributed by atoms with Crippen LogP contribution in [0.25, 0.3) is 0 Å². The lowest BCUT2D eigenvalue weighted by atomic mass is 10.1. The largest absolute Gasteiger partial charge is 0.416 e. The number of nitrogens with zero attached hydrogens (tertiary/aromatic N) is 1. The van der Waals surface area contributed by atoms with Gasteiger partial charge in [-0.1, -0.05) is 0 Å². The monoisotopic (exact) mass is 228 g/mol. The van der Waals surface area contributed by atoms with Gasteiger partial charge in [-0.25, -0.2) is 0 Å². The smallest absolute Gasteiger partial charge is 0.299 e. The van der Waals surface area contributed by atoms with Gasteiger partial charge in [0.1, 0.15) is 0 Å². The molecule has 1 aliphatic rings. The van der Waals surface area contributed by atoms with Crippen molar-refractivity contribution in [2.24, 2.45) is 0 Å². The molecule has 4 heteroatoms. The lowest BCUT2D eigenvalue weighted by molar-refractivity contribution is -0.137. The lowest BCUT2D eigenvalue weighted by Crippen LogP contribution is -2.18. The van der Waals surface area contributed by atoms with E-state index in [1.807, 2.05) is 0 Å². The number of hydrogen-bond donors (Lipinski definition) is 0. The van der Waals surface area contributed by atoms with Crippen LogP contribution < -0.4 is 0 Å². The molecule has 1 aromatic carbocycles. The third-order valence-electron chi connectivity index (χ3n) is 2.78. The van der Waals surface area contributed by atoms with Gasteiger partial charge in [-0.15, -0.1) is 0 Å². The lowest BCUT2D eigenvalue weighted by Gasteiger charge is -2.15. The van der Waals surface area contributed by atoms with Gasteiger partial charge in [0.25, 0.3) is 0 Å². The van der Waals surface area contributed by atoms with Crippen molar-refractivity contribution in [1.82, 2.24) is 4.90 Å². The van der Waals surface area contributed by atoms with Gasteiger partial charge in [-0.3, -0.25) is 4.90 Å². The van der Waals surface area contributed by atoms with Gasteiger partial charge in [0, 0.05) is 6.54 Å². The summed E-state index contributed by atoms with van der Waals surface area (Å²) in [6, 6.07) is 6.41. The maximum absolute atomic E-state index is 12.4. The second-order valence-electron chi connectivity index (χ2n) is 4.11. The molecular formula is C12H13F3N. The van der Waals surface area contributed by atoms with Gasteiger partial charge in [-0.2, -0.15) is 13.2 Å². The predicted octanol–water partition coefficient (Wildman–Crippen LogP) is 3.10. The molecule has 0 atom stereocenters. The molecule has 1 saturated heterocycles. The fourth-order valence-electron chi connectivity index (χ4n) is 1.98. The Morgan fingerprint density at radius 1 is 1.19 bits per heavy atom. The summed E-state index contributed by atoms with van der Waals surface area (Å²) in [5.41, 5.74) is 0.0842. The van der Waals surface area contributed by atoms with E-state index in [0.717, 1.165) is 32.0 Å². The molecule has 0 N–H and O–H groups in total. The van der Waals surface area contributed by atoms with Crippen molar-refractivity contribution in [3.63, 3.8) is 0 Å². The Kier molecular flexibility index (Phi) is 3.19. The van der Waals surface area contributed by atoms with E-state index in [0.29, 0.717) is 12.1 Å². The summed E-state index contributed by atoms with van der Waals surface area (Å²) >= 11 is 0. The minimum Gasteiger partial charge on any atom is -0.299 e. The van der Waals surface area contributed by atoms with Gasteiger partial charge in [0.15, 0.2) is 0 Å². The summed E-state index contributed by atoms with van der Waals surface area (Å²) in [7, 11) is 0. The van der Waals surface area contributed by atoms with E-state index in [4.69, 9.17) is 0 Å². The number of hydrogen-bond acceptors (Lipinski definition) is 1. The molecule has 0 amide bonds. The van der Waals surface area contributed by atoms with Crippen LogP contribution in [0.2, 0.25) is 0 Å². The molecule has 2 rings (SSSR count). The molecular weight excluding hydrogens is 215 g/mol. The van der Waals surface area contributed by atoms with Crippen LogP contribution in [-0.4, -0.2) is 18.0 Å². The molecule has 1 heterocycles. The van der Waals surface area contributed by atoms with Gasteiger partial charge < -0.3 is 0 Å². The number of alkyl halides is 3. The van der Waals surface area contributed by atoms with Crippen molar-refractivity contribution < 1.29 is 13.2 Å². The quantitative estimate of drug-likeness (QED) is 0.751. The highest BCUT2D eigenvalue weighted by atomic mass is 19.4. The van der Waals surface area contributed by atoms with Gasteiger partial charge in [-0.05, 0) is 55.8 Å². The third kappa shape index (κ3) is 2.76. The van der Waals surface area contributed by atoms with Crippen LogP contribution in [0, 0.1) is 6.07 Å². The Hall–Kier alpha value is -1.03. The van der Waals surface area contributed by atoms with Gasteiger partial charge in [0.2, 0.25) is 0 Å². The van der Waals surface area contributed by atoms with Crippen LogP contribution in [0.5, 0.6) is 0 Å². The fourth-order valence-corrected chi connectivity index (χ4v) is 1.98. The van der Waals surface area contributed by atoms with E-state index < -0.39 is 11.7 Å². The van der Waals surface area contributed by atoms with Crippen LogP contribution in [0.1, 0.15) is 24.0 Å². The zero-order chi connectivity index (χ0) is 11.6. The van der Waals surface area contributed by atoms with Gasteiger partial charge >= 0.3 is 6.18 Å². The average Bonchev–Trinajstić information content (AvgIpc) is 2.70. The summed E-state index contributed by atoms with van der Waals surface area (Å²) < 4.78 is 37.3. The highest BCUT2D eigenvalue weighted by molar-refractivity contribution is 5.24. The molecule has 16 heavy (non-hydrogen) atoms. The first kappa shape index (κ1) is 11.5. The Balaban J connectivity index is 2.09. The molecule has 0 bridgehead atoms. The molecule has 1 radical (unpaired) electrons. The average molecular weight is 228 g/mol. The maximum Gasteiger partial charge on any atom is 0.416 e. The minimum atomic E-state index is -4.27. The van der Waals surface area contributed by atoms with E-state index in [9.17, 15) is 13.2 Å². The van der Waals surface area contributed by atoms with E-state index >= 15 is 0 Å². The van der Waals surface area contributed by atoms with Crippen molar-refractivity contribution in [2.45, 2.75) is 25.6 Å². The minimum absolute atomic E-state index is 0.598. The Labute approximate surface area is 92.9 Å². The van der Waals surface area contributed by atoms with Crippen LogP contribution in [0.4, 0.5) is 13.2 Å². The molecule has 0 aromatic heterocycles. The molecule has 1 aliphatic heterocycles. The number of benzene rings is 1. The summed E-state index contributed by atoms with van der Waals surface area (Å²) in [5, 5.41) is 0. The number of likely N-dealkylation sites (tertiary alicyclic amines) is 1. The van der Waals surface area contributed by atoms with E-state index in [-0.39, 0.29) is 0 Å². The van der Waals surface area contributed by atoms with Gasteiger partial charge in [0.05, 0.1) is 5.56 Å². The Morgan fingerprint density at radius 2 is 1.88 bits per heavy atom. The SMILES string of the molecule is FC(F)(F)c1c[c]cc(CN2CCCC2)c1. The second kappa shape index (κ2) is 4.45. The molecule has 0 saturated carbocycles. The molecule has 87 valence electrons. The Bertz CT molecular complexity index is 354. The van der Waals surface area contributed by atoms with Crippen molar-refractivity contribution in [2.75, 3.05) is 13.1 Å². The van der Waals surface area contributed by atoms with E-state index in [1.54, 1.807) is 6.07 Å². The van der Waals surface area contributed by atoms with Crippen molar-refractivity contribution >= 4 is 0 Å². The first-order valence-electron chi connectivity index (χ1n) is 5.35. The summed E-state index contributed by atoms with van der Waals surface area (Å²) in [6.45, 7) is 2.56. The molecule has 0 aliphatic carbocycles. The van der Waals surface area contributed by atoms with Crippen LogP contribution in [0.15, 0.2) is 18.2 Å². The van der Waals surface area contributed by atoms with Crippen molar-refractivity contribution in [3.05, 3.63) is 35.4 Å². The van der Waals surface area contributed by atoms with Crippen molar-refractivity contribution in [3.8, 4) is 0 Å². The summed E-state index contributed by atoms with van der Waals surface area (Å²) in [4.78, 5) is 2.17. The number of rotatable bonds is 2. The third-order valence-corrected chi connectivity index (χ3v) is 2.78. The van der Waals surface area contributed by atoms with Crippen LogP contribution >= 0.6 is 0 Å². The molecule has 1 fully saturated rings. The highest BCUT2D eigenvalue weighted by Crippen LogP contribution is 2.29. The second-order valence-corrected chi connectivity index (χ2v) is 4.11. The Morgan fingerprint density at radius 3 is 2.50 bits per heavy atom. The maximum atomic E-state index is 12.4. The van der Waals surface area contributed by atoms with Crippen LogP contribution in [0.3, 0.4) is 0 Å². The topological polar surface area (TPSA) is 3.24 Å². The molecule has 0 spiro atoms. The molecule has 1 nitrogen and oxygen atoms in total. The first-order chi connectivity index (χ1) is 7.55. The number of halogens is 3. The highest BCUT2D eigenvalue weighted by Gasteiger charge is 2.30. The van der Waals surface area contributed by atoms with E-state index in [2.05, 4.69) is 11.0 Å². The fraction of sp³-hybridized carbons (Fsp3) is 0.500. The summed E-state index contributed by atoms with van der Waals surface area (Å²) in [5.74, 6) is 0. The predicted molar refractivity (Wildman–Crippen MR) is 54.8 cm³/mol. The van der Waals surface area contributed by atoms with E-state index in [1.165, 1.54) is 6.07 Å². The normalized spacial score (nSPS) is 17.9. The zero-order valence-corrected chi connectivity index (χ0v) is 8.85. The standard InChI is InChI=1S/C12H13F3N/c13-12(14,15)11-5-3-4-10(8-11)9-16-6-1-2-7-16/h4-5,8H,1-2,6-7,9H2. The molecule has 1 aromatic rings.